The van der Waals surface area contributed by atoms with Crippen molar-refractivity contribution in [3.05, 3.63) is 22.4 Å². The van der Waals surface area contributed by atoms with Gasteiger partial charge in [0.1, 0.15) is 0 Å². The summed E-state index contributed by atoms with van der Waals surface area (Å²) < 4.78 is 0. The smallest absolute Gasteiger partial charge is 0.0494 e. The van der Waals surface area contributed by atoms with E-state index in [1.807, 2.05) is 0 Å². The van der Waals surface area contributed by atoms with Crippen molar-refractivity contribution in [2.75, 3.05) is 0 Å². The molecule has 1 aliphatic carbocycles. The Morgan fingerprint density at radius 2 is 1.47 bits per heavy atom. The summed E-state index contributed by atoms with van der Waals surface area (Å²) in [6, 6.07) is 0. The van der Waals surface area contributed by atoms with Gasteiger partial charge in [-0.05, 0) is 52.7 Å². The summed E-state index contributed by atoms with van der Waals surface area (Å²) in [5.74, 6) is 0. The summed E-state index contributed by atoms with van der Waals surface area (Å²) in [5.41, 5.74) is 6.19. The van der Waals surface area contributed by atoms with Crippen LogP contribution in [0.15, 0.2) is 22.4 Å². The van der Waals surface area contributed by atoms with Crippen LogP contribution in [0.25, 0.3) is 0 Å². The molecule has 0 radical (unpaired) electrons. The molecule has 98 valence electrons. The van der Waals surface area contributed by atoms with Gasteiger partial charge in [0.25, 0.3) is 0 Å². The van der Waals surface area contributed by atoms with Crippen LogP contribution in [0.2, 0.25) is 18.1 Å². The molecule has 1 atom stereocenters. The van der Waals surface area contributed by atoms with Gasteiger partial charge >= 0.3 is 0 Å². The second-order valence-corrected chi connectivity index (χ2v) is 10.4. The second kappa shape index (κ2) is 4.31. The van der Waals surface area contributed by atoms with Crippen molar-refractivity contribution in [2.24, 2.45) is 0 Å². The van der Waals surface area contributed by atoms with Gasteiger partial charge in [0, 0.05) is 25.1 Å². The monoisotopic (exact) mass is 251 g/mol. The van der Waals surface area contributed by atoms with E-state index in [9.17, 15) is 0 Å². The summed E-state index contributed by atoms with van der Waals surface area (Å²) in [6.45, 7) is 21.0. The SMILES string of the molecule is CC1=C(C)C(C)([SiH](C)C)C(NC(C)(C)C)=C1C. The quantitative estimate of drug-likeness (QED) is 0.724. The first-order chi connectivity index (χ1) is 7.51. The Bertz CT molecular complexity index is 382. The Balaban J connectivity index is 3.28. The largest absolute Gasteiger partial charge is 0.383 e. The van der Waals surface area contributed by atoms with E-state index in [0.717, 1.165) is 0 Å². The van der Waals surface area contributed by atoms with Crippen molar-refractivity contribution in [1.29, 1.82) is 0 Å². The summed E-state index contributed by atoms with van der Waals surface area (Å²) in [4.78, 5) is 0. The summed E-state index contributed by atoms with van der Waals surface area (Å²) in [7, 11) is -0.798. The predicted molar refractivity (Wildman–Crippen MR) is 81.2 cm³/mol. The van der Waals surface area contributed by atoms with Crippen molar-refractivity contribution < 1.29 is 0 Å². The van der Waals surface area contributed by atoms with Crippen LogP contribution in [0.4, 0.5) is 0 Å². The summed E-state index contributed by atoms with van der Waals surface area (Å²) in [6.07, 6.45) is 0. The molecule has 0 aliphatic heterocycles. The zero-order chi connectivity index (χ0) is 13.6. The normalized spacial score (nSPS) is 26.2. The highest BCUT2D eigenvalue weighted by molar-refractivity contribution is 6.61. The van der Waals surface area contributed by atoms with Crippen LogP contribution in [-0.4, -0.2) is 14.3 Å². The molecule has 2 heteroatoms. The molecule has 1 N–H and O–H groups in total. The molecule has 1 unspecified atom stereocenters. The highest BCUT2D eigenvalue weighted by Crippen LogP contribution is 2.53. The summed E-state index contributed by atoms with van der Waals surface area (Å²) >= 11 is 0. The Morgan fingerprint density at radius 1 is 1.00 bits per heavy atom. The molecule has 0 aromatic carbocycles. The molecule has 0 heterocycles. The van der Waals surface area contributed by atoms with Crippen molar-refractivity contribution in [2.45, 2.75) is 72.1 Å². The first-order valence-electron chi connectivity index (χ1n) is 6.69. The molecule has 0 fully saturated rings. The zero-order valence-electron chi connectivity index (χ0n) is 13.1. The predicted octanol–water partition coefficient (Wildman–Crippen LogP) is 4.25. The topological polar surface area (TPSA) is 12.0 Å². The van der Waals surface area contributed by atoms with Crippen molar-refractivity contribution in [3.63, 3.8) is 0 Å². The maximum absolute atomic E-state index is 3.77. The molecule has 0 saturated heterocycles. The van der Waals surface area contributed by atoms with Gasteiger partial charge in [-0.1, -0.05) is 25.6 Å². The van der Waals surface area contributed by atoms with Crippen LogP contribution < -0.4 is 5.32 Å². The molecular weight excluding hydrogens is 222 g/mol. The van der Waals surface area contributed by atoms with Crippen LogP contribution in [-0.2, 0) is 0 Å². The number of hydrogen-bond donors (Lipinski definition) is 1. The highest BCUT2D eigenvalue weighted by atomic mass is 28.3. The molecule has 0 aromatic rings. The van der Waals surface area contributed by atoms with E-state index in [0.29, 0.717) is 5.04 Å². The van der Waals surface area contributed by atoms with E-state index in [1.165, 1.54) is 16.8 Å². The van der Waals surface area contributed by atoms with Crippen LogP contribution in [0.1, 0.15) is 48.5 Å². The van der Waals surface area contributed by atoms with E-state index < -0.39 is 8.80 Å². The molecule has 0 bridgehead atoms. The van der Waals surface area contributed by atoms with E-state index in [4.69, 9.17) is 0 Å². The Morgan fingerprint density at radius 3 is 1.82 bits per heavy atom. The molecule has 0 amide bonds. The molecule has 1 nitrogen and oxygen atoms in total. The molecule has 17 heavy (non-hydrogen) atoms. The lowest BCUT2D eigenvalue weighted by Gasteiger charge is -2.38. The zero-order valence-corrected chi connectivity index (χ0v) is 14.2. The number of hydrogen-bond acceptors (Lipinski definition) is 1. The Labute approximate surface area is 109 Å². The first-order valence-corrected chi connectivity index (χ1v) is 9.58. The maximum atomic E-state index is 3.77. The fourth-order valence-electron chi connectivity index (χ4n) is 2.76. The van der Waals surface area contributed by atoms with Gasteiger partial charge < -0.3 is 5.32 Å². The van der Waals surface area contributed by atoms with Gasteiger partial charge in [-0.2, -0.15) is 0 Å². The van der Waals surface area contributed by atoms with Gasteiger partial charge in [0.15, 0.2) is 0 Å². The molecular formula is C15H29NSi. The average Bonchev–Trinajstić information content (AvgIpc) is 2.32. The number of allylic oxidation sites excluding steroid dienone is 3. The van der Waals surface area contributed by atoms with Crippen molar-refractivity contribution in [1.82, 2.24) is 5.32 Å². The molecule has 0 spiro atoms. The molecule has 0 aromatic heterocycles. The minimum Gasteiger partial charge on any atom is -0.383 e. The maximum Gasteiger partial charge on any atom is 0.0494 e. The average molecular weight is 251 g/mol. The van der Waals surface area contributed by atoms with E-state index in [1.54, 1.807) is 5.57 Å². The fraction of sp³-hybridized carbons (Fsp3) is 0.733. The van der Waals surface area contributed by atoms with E-state index in [-0.39, 0.29) is 5.54 Å². The molecule has 0 saturated carbocycles. The third-order valence-corrected chi connectivity index (χ3v) is 7.48. The van der Waals surface area contributed by atoms with Crippen LogP contribution in [0.3, 0.4) is 0 Å². The third-order valence-electron chi connectivity index (χ3n) is 4.45. The van der Waals surface area contributed by atoms with E-state index in [2.05, 4.69) is 66.9 Å². The lowest BCUT2D eigenvalue weighted by atomic mass is 9.98. The van der Waals surface area contributed by atoms with Gasteiger partial charge in [-0.3, -0.25) is 0 Å². The van der Waals surface area contributed by atoms with Gasteiger partial charge in [-0.15, -0.1) is 0 Å². The van der Waals surface area contributed by atoms with Gasteiger partial charge in [0.2, 0.25) is 0 Å². The van der Waals surface area contributed by atoms with Crippen molar-refractivity contribution >= 4 is 8.80 Å². The Kier molecular flexibility index (Phi) is 3.69. The van der Waals surface area contributed by atoms with Crippen LogP contribution in [0.5, 0.6) is 0 Å². The lowest BCUT2D eigenvalue weighted by molar-refractivity contribution is 0.452. The minimum absolute atomic E-state index is 0.145. The third kappa shape index (κ3) is 2.37. The number of rotatable bonds is 2. The fourth-order valence-corrected chi connectivity index (χ4v) is 4.70. The number of nitrogens with one attached hydrogen (secondary N) is 1. The molecule has 1 rings (SSSR count). The minimum atomic E-state index is -0.798. The highest BCUT2D eigenvalue weighted by Gasteiger charge is 2.42. The van der Waals surface area contributed by atoms with Crippen LogP contribution >= 0.6 is 0 Å². The van der Waals surface area contributed by atoms with Gasteiger partial charge in [-0.25, -0.2) is 0 Å². The van der Waals surface area contributed by atoms with Gasteiger partial charge in [0.05, 0.1) is 0 Å². The first kappa shape index (κ1) is 14.6. The standard InChI is InChI=1S/C15H29NSi/c1-10-11(2)13(16-14(4,5)6)15(7,12(10)3)17(8)9/h16-17H,1-9H3. The summed E-state index contributed by atoms with van der Waals surface area (Å²) in [5, 5.41) is 4.08. The Hall–Kier alpha value is -0.503. The van der Waals surface area contributed by atoms with E-state index >= 15 is 0 Å². The second-order valence-electron chi connectivity index (χ2n) is 6.98. The molecule has 1 aliphatic rings. The lowest BCUT2D eigenvalue weighted by Crippen LogP contribution is -2.42. The van der Waals surface area contributed by atoms with Crippen molar-refractivity contribution in [3.8, 4) is 0 Å². The van der Waals surface area contributed by atoms with Crippen LogP contribution in [0, 0.1) is 0 Å².